The van der Waals surface area contributed by atoms with Gasteiger partial charge < -0.3 is 24.8 Å². The van der Waals surface area contributed by atoms with E-state index in [-0.39, 0.29) is 24.0 Å². The highest BCUT2D eigenvalue weighted by atomic mass is 31.2. The molecule has 3 heterocycles. The van der Waals surface area contributed by atoms with Gasteiger partial charge in [-0.1, -0.05) is 0 Å². The van der Waals surface area contributed by atoms with E-state index < -0.39 is 19.0 Å². The lowest BCUT2D eigenvalue weighted by molar-refractivity contribution is 0.0621. The second kappa shape index (κ2) is 4.92. The van der Waals surface area contributed by atoms with E-state index in [2.05, 4.69) is 15.0 Å². The highest BCUT2D eigenvalue weighted by Crippen LogP contribution is 2.48. The van der Waals surface area contributed by atoms with Crippen molar-refractivity contribution >= 4 is 24.7 Å². The molecule has 0 radical (unpaired) electrons. The van der Waals surface area contributed by atoms with E-state index in [1.807, 2.05) is 0 Å². The zero-order valence-corrected chi connectivity index (χ0v) is 11.7. The number of hydrogen-bond donors (Lipinski definition) is 4. The minimum absolute atomic E-state index is 0.0188. The average Bonchev–Trinajstić information content (AvgIpc) is 2.97. The fourth-order valence-electron chi connectivity index (χ4n) is 2.39. The first-order valence-electron chi connectivity index (χ1n) is 6.26. The summed E-state index contributed by atoms with van der Waals surface area (Å²) in [5.74, 6) is -1.09. The number of ether oxygens (including phenoxy) is 1. The number of aromatic nitrogens is 4. The summed E-state index contributed by atoms with van der Waals surface area (Å²) in [6.45, 7) is 0.295. The van der Waals surface area contributed by atoms with Crippen LogP contribution in [0, 0.1) is 0 Å². The topological polar surface area (TPSA) is 156 Å². The third kappa shape index (κ3) is 2.70. The number of nitrogens with zero attached hydrogens (tertiary/aromatic N) is 3. The van der Waals surface area contributed by atoms with E-state index in [1.165, 1.54) is 6.33 Å². The van der Waals surface area contributed by atoms with E-state index >= 15 is 0 Å². The smallest absolute Gasteiger partial charge is 0.354 e. The molecule has 0 bridgehead atoms. The van der Waals surface area contributed by atoms with Gasteiger partial charge in [-0.15, -0.1) is 0 Å². The second-order valence-corrected chi connectivity index (χ2v) is 6.65. The minimum Gasteiger partial charge on any atom is -0.369 e. The summed E-state index contributed by atoms with van der Waals surface area (Å²) >= 11 is 0. The van der Waals surface area contributed by atoms with Crippen LogP contribution < -0.4 is 11.3 Å². The van der Waals surface area contributed by atoms with Gasteiger partial charge >= 0.3 is 7.60 Å². The first-order chi connectivity index (χ1) is 9.84. The van der Waals surface area contributed by atoms with Crippen LogP contribution in [0.15, 0.2) is 11.1 Å². The van der Waals surface area contributed by atoms with Gasteiger partial charge in [-0.2, -0.15) is 4.98 Å². The van der Waals surface area contributed by atoms with Crippen LogP contribution >= 0.6 is 7.60 Å². The molecule has 0 unspecified atom stereocenters. The molecule has 1 fully saturated rings. The maximum Gasteiger partial charge on any atom is 0.354 e. The Morgan fingerprint density at radius 3 is 2.95 bits per heavy atom. The maximum atomic E-state index is 11.6. The van der Waals surface area contributed by atoms with Crippen molar-refractivity contribution in [1.82, 2.24) is 19.5 Å². The molecule has 11 heteroatoms. The average molecular weight is 315 g/mol. The zero-order valence-electron chi connectivity index (χ0n) is 10.8. The summed E-state index contributed by atoms with van der Waals surface area (Å²) < 4.78 is 18.1. The van der Waals surface area contributed by atoms with Crippen molar-refractivity contribution in [3.05, 3.63) is 16.7 Å². The van der Waals surface area contributed by atoms with Gasteiger partial charge in [0, 0.05) is 0 Å². The molecule has 1 saturated heterocycles. The molecule has 21 heavy (non-hydrogen) atoms. The first-order valence-corrected chi connectivity index (χ1v) is 7.94. The number of anilines is 1. The lowest BCUT2D eigenvalue weighted by Crippen LogP contribution is -2.18. The van der Waals surface area contributed by atoms with Crippen LogP contribution in [0.4, 0.5) is 5.95 Å². The molecule has 114 valence electrons. The summed E-state index contributed by atoms with van der Waals surface area (Å²) in [4.78, 5) is 40.2. The Kier molecular flexibility index (Phi) is 3.33. The molecular weight excluding hydrogens is 301 g/mol. The summed E-state index contributed by atoms with van der Waals surface area (Å²) in [6.07, 6.45) is 1.86. The quantitative estimate of drug-likeness (QED) is 0.546. The molecule has 0 aromatic carbocycles. The van der Waals surface area contributed by atoms with Crippen LogP contribution in [0.2, 0.25) is 0 Å². The fourth-order valence-corrected chi connectivity index (χ4v) is 3.21. The van der Waals surface area contributed by atoms with Crippen molar-refractivity contribution in [1.29, 1.82) is 0 Å². The molecular formula is C10H14N5O5P. The van der Waals surface area contributed by atoms with Crippen molar-refractivity contribution in [2.75, 3.05) is 5.73 Å². The van der Waals surface area contributed by atoms with Gasteiger partial charge in [0.2, 0.25) is 5.95 Å². The van der Waals surface area contributed by atoms with Crippen LogP contribution in [-0.4, -0.2) is 41.3 Å². The van der Waals surface area contributed by atoms with Crippen molar-refractivity contribution in [3.63, 3.8) is 0 Å². The van der Waals surface area contributed by atoms with E-state index in [9.17, 15) is 9.36 Å². The predicted molar refractivity (Wildman–Crippen MR) is 72.5 cm³/mol. The van der Waals surface area contributed by atoms with Gasteiger partial charge in [-0.25, -0.2) is 4.98 Å². The summed E-state index contributed by atoms with van der Waals surface area (Å²) in [5, 5.41) is 0. The van der Waals surface area contributed by atoms with E-state index in [4.69, 9.17) is 20.3 Å². The third-order valence-electron chi connectivity index (χ3n) is 3.35. The lowest BCUT2D eigenvalue weighted by Gasteiger charge is -2.15. The molecule has 0 amide bonds. The van der Waals surface area contributed by atoms with Gasteiger partial charge in [0.15, 0.2) is 17.0 Å². The van der Waals surface area contributed by atoms with Crippen LogP contribution in [0.25, 0.3) is 11.2 Å². The molecule has 2 aromatic rings. The molecule has 0 aliphatic carbocycles. The summed E-state index contributed by atoms with van der Waals surface area (Å²) in [7, 11) is -4.24. The molecule has 0 saturated carbocycles. The monoisotopic (exact) mass is 315 g/mol. The largest absolute Gasteiger partial charge is 0.369 e. The maximum absolute atomic E-state index is 11.6. The highest BCUT2D eigenvalue weighted by Gasteiger charge is 2.37. The Bertz CT molecular complexity index is 780. The third-order valence-corrected chi connectivity index (χ3v) is 4.48. The van der Waals surface area contributed by atoms with Gasteiger partial charge in [0.05, 0.1) is 19.0 Å². The van der Waals surface area contributed by atoms with Gasteiger partial charge in [-0.3, -0.25) is 14.3 Å². The second-order valence-electron chi connectivity index (χ2n) is 4.90. The Balaban J connectivity index is 1.84. The Hall–Kier alpha value is -1.74. The van der Waals surface area contributed by atoms with E-state index in [1.54, 1.807) is 4.57 Å². The molecule has 3 rings (SSSR count). The van der Waals surface area contributed by atoms with Crippen molar-refractivity contribution in [2.24, 2.45) is 0 Å². The Labute approximate surface area is 118 Å². The standard InChI is InChI=1S/C10H14N5O5P/c11-10-13-8-7(9(16)14-10)12-4-15(8)3-5-1-2-6(20-5)21(17,18)19/h4-6H,1-3H2,(H2,17,18,19)(H3,11,13,14,16)/t5-,6+/m0/s1. The number of hydrogen-bond acceptors (Lipinski definition) is 6. The SMILES string of the molecule is Nc1nc2c(ncn2C[C@@H]2CC[C@@H](P(=O)(O)O)O2)c(=O)[nH]1. The molecule has 2 atom stereocenters. The first kappa shape index (κ1) is 14.2. The van der Waals surface area contributed by atoms with Crippen LogP contribution in [-0.2, 0) is 15.8 Å². The number of nitrogen functional groups attached to an aromatic ring is 1. The van der Waals surface area contributed by atoms with Crippen LogP contribution in [0.5, 0.6) is 0 Å². The normalized spacial score (nSPS) is 23.0. The molecule has 0 spiro atoms. The van der Waals surface area contributed by atoms with Crippen molar-refractivity contribution in [2.45, 2.75) is 31.3 Å². The number of nitrogens with two attached hydrogens (primary N) is 1. The summed E-state index contributed by atoms with van der Waals surface area (Å²) in [5.41, 5.74) is 5.54. The Morgan fingerprint density at radius 2 is 2.29 bits per heavy atom. The molecule has 1 aliphatic heterocycles. The zero-order chi connectivity index (χ0) is 15.2. The number of rotatable bonds is 3. The lowest BCUT2D eigenvalue weighted by atomic mass is 10.2. The molecule has 5 N–H and O–H groups in total. The van der Waals surface area contributed by atoms with Gasteiger partial charge in [0.25, 0.3) is 5.56 Å². The van der Waals surface area contributed by atoms with Crippen LogP contribution in [0.1, 0.15) is 12.8 Å². The van der Waals surface area contributed by atoms with Gasteiger partial charge in [0.1, 0.15) is 0 Å². The van der Waals surface area contributed by atoms with E-state index in [0.29, 0.717) is 18.6 Å². The minimum atomic E-state index is -4.24. The molecule has 1 aliphatic rings. The number of aromatic amines is 1. The van der Waals surface area contributed by atoms with Crippen LogP contribution in [0.3, 0.4) is 0 Å². The number of fused-ring (bicyclic) bond motifs is 1. The van der Waals surface area contributed by atoms with E-state index in [0.717, 1.165) is 0 Å². The highest BCUT2D eigenvalue weighted by molar-refractivity contribution is 7.52. The Morgan fingerprint density at radius 1 is 1.52 bits per heavy atom. The predicted octanol–water partition coefficient (Wildman–Crippen LogP) is -0.615. The number of nitrogens with one attached hydrogen (secondary N) is 1. The van der Waals surface area contributed by atoms with Crippen molar-refractivity contribution < 1.29 is 19.1 Å². The van der Waals surface area contributed by atoms with Gasteiger partial charge in [-0.05, 0) is 12.8 Å². The fraction of sp³-hybridized carbons (Fsp3) is 0.500. The molecule has 10 nitrogen and oxygen atoms in total. The summed E-state index contributed by atoms with van der Waals surface area (Å²) in [6, 6.07) is 0. The van der Waals surface area contributed by atoms with Crippen molar-refractivity contribution in [3.8, 4) is 0 Å². The number of H-pyrrole nitrogens is 1. The molecule has 2 aromatic heterocycles. The number of imidazole rings is 1.